The molecule has 0 aliphatic heterocycles. The van der Waals surface area contributed by atoms with Crippen molar-refractivity contribution in [2.75, 3.05) is 0 Å². The van der Waals surface area contributed by atoms with Crippen molar-refractivity contribution in [1.82, 2.24) is 0 Å². The molecule has 25 heavy (non-hydrogen) atoms. The molecule has 0 N–H and O–H groups in total. The van der Waals surface area contributed by atoms with Gasteiger partial charge < -0.3 is 0 Å². The lowest BCUT2D eigenvalue weighted by Gasteiger charge is -2.03. The van der Waals surface area contributed by atoms with E-state index in [9.17, 15) is 15.3 Å². The summed E-state index contributed by atoms with van der Waals surface area (Å²) in [5.41, 5.74) is 3.40. The Morgan fingerprint density at radius 1 is 0.920 bits per heavy atom. The number of carbonyl (C=O) groups excluding carboxylic acids is 1. The van der Waals surface area contributed by atoms with Crippen LogP contribution in [0.1, 0.15) is 27.0 Å². The number of carbonyl (C=O) groups is 1. The molecule has 0 amide bonds. The number of ketones is 1. The highest BCUT2D eigenvalue weighted by Gasteiger charge is 2.31. The van der Waals surface area contributed by atoms with Crippen LogP contribution in [-0.2, 0) is 6.42 Å². The summed E-state index contributed by atoms with van der Waals surface area (Å²) in [7, 11) is 0. The molecule has 2 aromatic carbocycles. The number of Topliss-reactive ketones (excluding diaryl/α,β-unsaturated/α-hetero) is 1. The van der Waals surface area contributed by atoms with Crippen molar-refractivity contribution in [3.05, 3.63) is 81.9 Å². The van der Waals surface area contributed by atoms with E-state index in [0.29, 0.717) is 28.7 Å². The lowest BCUT2D eigenvalue weighted by atomic mass is 9.97. The van der Waals surface area contributed by atoms with Gasteiger partial charge in [-0.3, -0.25) is 4.79 Å². The molecule has 0 unspecified atom stereocenters. The highest BCUT2D eigenvalue weighted by atomic mass is 16.1. The average molecular weight is 321 g/mol. The zero-order chi connectivity index (χ0) is 17.8. The van der Waals surface area contributed by atoms with Crippen LogP contribution in [0.25, 0.3) is 11.6 Å². The smallest absolute Gasteiger partial charge is 0.194 e. The molecule has 1 aliphatic rings. The van der Waals surface area contributed by atoms with E-state index in [1.165, 1.54) is 0 Å². The second-order valence-electron chi connectivity index (χ2n) is 5.48. The Morgan fingerprint density at radius 2 is 1.56 bits per heavy atom. The summed E-state index contributed by atoms with van der Waals surface area (Å²) in [6.45, 7) is 0. The molecular formula is C21H11N3O. The van der Waals surface area contributed by atoms with E-state index in [1.54, 1.807) is 30.3 Å². The average Bonchev–Trinajstić information content (AvgIpc) is 2.91. The number of allylic oxidation sites excluding steroid dienone is 3. The van der Waals surface area contributed by atoms with Crippen LogP contribution in [0.3, 0.4) is 0 Å². The standard InChI is InChI=1S/C21H11N3O/c22-10-9-14-5-7-15(8-6-14)11-19-20(16(12-23)13-24)17-3-1-2-4-18(17)21(19)25/h1-8,11H,9H2/b19-11-. The molecule has 0 radical (unpaired) electrons. The van der Waals surface area contributed by atoms with Gasteiger partial charge in [0.15, 0.2) is 5.78 Å². The lowest BCUT2D eigenvalue weighted by molar-refractivity contribution is 0.104. The van der Waals surface area contributed by atoms with Gasteiger partial charge in [0.1, 0.15) is 17.7 Å². The first-order chi connectivity index (χ1) is 12.2. The van der Waals surface area contributed by atoms with Crippen molar-refractivity contribution in [3.8, 4) is 18.2 Å². The quantitative estimate of drug-likeness (QED) is 0.621. The third-order valence-electron chi connectivity index (χ3n) is 4.00. The Hall–Kier alpha value is -3.94. The summed E-state index contributed by atoms with van der Waals surface area (Å²) >= 11 is 0. The van der Waals surface area contributed by atoms with Gasteiger partial charge in [0.25, 0.3) is 0 Å². The minimum Gasteiger partial charge on any atom is -0.289 e. The Labute approximate surface area is 145 Å². The summed E-state index contributed by atoms with van der Waals surface area (Å²) < 4.78 is 0. The predicted octanol–water partition coefficient (Wildman–Crippen LogP) is 3.83. The minimum absolute atomic E-state index is 0.0781. The summed E-state index contributed by atoms with van der Waals surface area (Å²) in [6, 6.07) is 20.1. The molecule has 3 rings (SSSR count). The number of nitriles is 3. The second kappa shape index (κ2) is 6.67. The van der Waals surface area contributed by atoms with Gasteiger partial charge in [0.05, 0.1) is 12.5 Å². The van der Waals surface area contributed by atoms with Gasteiger partial charge in [0, 0.05) is 16.7 Å². The topological polar surface area (TPSA) is 88.4 Å². The van der Waals surface area contributed by atoms with E-state index < -0.39 is 0 Å². The molecule has 4 heteroatoms. The predicted molar refractivity (Wildman–Crippen MR) is 92.7 cm³/mol. The van der Waals surface area contributed by atoms with Crippen molar-refractivity contribution >= 4 is 17.4 Å². The minimum atomic E-state index is -0.199. The normalized spacial score (nSPS) is 13.7. The molecule has 2 aromatic rings. The van der Waals surface area contributed by atoms with Crippen LogP contribution in [0.4, 0.5) is 0 Å². The van der Waals surface area contributed by atoms with Crippen LogP contribution >= 0.6 is 0 Å². The third-order valence-corrected chi connectivity index (χ3v) is 4.00. The first-order valence-electron chi connectivity index (χ1n) is 7.56. The largest absolute Gasteiger partial charge is 0.289 e. The van der Waals surface area contributed by atoms with Crippen LogP contribution in [-0.4, -0.2) is 5.78 Å². The number of fused-ring (bicyclic) bond motifs is 1. The molecule has 0 atom stereocenters. The number of benzene rings is 2. The molecule has 1 aliphatic carbocycles. The van der Waals surface area contributed by atoms with E-state index in [2.05, 4.69) is 6.07 Å². The van der Waals surface area contributed by atoms with Crippen LogP contribution in [0.5, 0.6) is 0 Å². The number of nitrogens with zero attached hydrogens (tertiary/aromatic N) is 3. The van der Waals surface area contributed by atoms with Crippen molar-refractivity contribution in [2.45, 2.75) is 6.42 Å². The van der Waals surface area contributed by atoms with Crippen LogP contribution < -0.4 is 0 Å². The van der Waals surface area contributed by atoms with E-state index in [0.717, 1.165) is 11.1 Å². The van der Waals surface area contributed by atoms with Gasteiger partial charge >= 0.3 is 0 Å². The molecule has 0 heterocycles. The molecular weight excluding hydrogens is 310 g/mol. The Kier molecular flexibility index (Phi) is 4.25. The molecule has 0 spiro atoms. The first-order valence-corrected chi connectivity index (χ1v) is 7.56. The van der Waals surface area contributed by atoms with E-state index in [1.807, 2.05) is 36.4 Å². The summed E-state index contributed by atoms with van der Waals surface area (Å²) in [5, 5.41) is 27.3. The number of hydrogen-bond acceptors (Lipinski definition) is 4. The van der Waals surface area contributed by atoms with E-state index in [-0.39, 0.29) is 11.4 Å². The molecule has 0 saturated carbocycles. The van der Waals surface area contributed by atoms with Crippen LogP contribution in [0.2, 0.25) is 0 Å². The van der Waals surface area contributed by atoms with Gasteiger partial charge in [-0.2, -0.15) is 15.8 Å². The van der Waals surface area contributed by atoms with E-state index >= 15 is 0 Å². The fourth-order valence-electron chi connectivity index (χ4n) is 2.84. The fraction of sp³-hybridized carbons (Fsp3) is 0.0476. The lowest BCUT2D eigenvalue weighted by Crippen LogP contribution is -1.96. The van der Waals surface area contributed by atoms with Crippen molar-refractivity contribution in [2.24, 2.45) is 0 Å². The maximum absolute atomic E-state index is 12.8. The van der Waals surface area contributed by atoms with Gasteiger partial charge in [0.2, 0.25) is 0 Å². The SMILES string of the molecule is N#CCc1ccc(/C=C2\C(=O)c3ccccc3C2=C(C#N)C#N)cc1. The van der Waals surface area contributed by atoms with Gasteiger partial charge in [-0.25, -0.2) is 0 Å². The van der Waals surface area contributed by atoms with E-state index in [4.69, 9.17) is 5.26 Å². The Morgan fingerprint density at radius 3 is 2.16 bits per heavy atom. The summed E-state index contributed by atoms with van der Waals surface area (Å²) in [6.07, 6.45) is 2.00. The highest BCUT2D eigenvalue weighted by Crippen LogP contribution is 2.39. The molecule has 116 valence electrons. The molecule has 0 bridgehead atoms. The zero-order valence-electron chi connectivity index (χ0n) is 13.2. The fourth-order valence-corrected chi connectivity index (χ4v) is 2.84. The molecule has 0 saturated heterocycles. The monoisotopic (exact) mass is 321 g/mol. The Balaban J connectivity index is 2.17. The maximum Gasteiger partial charge on any atom is 0.194 e. The Bertz CT molecular complexity index is 1040. The van der Waals surface area contributed by atoms with Crippen LogP contribution in [0, 0.1) is 34.0 Å². The van der Waals surface area contributed by atoms with Gasteiger partial charge in [-0.1, -0.05) is 48.5 Å². The second-order valence-corrected chi connectivity index (χ2v) is 5.48. The summed E-state index contributed by atoms with van der Waals surface area (Å²) in [4.78, 5) is 12.8. The summed E-state index contributed by atoms with van der Waals surface area (Å²) in [5.74, 6) is -0.199. The van der Waals surface area contributed by atoms with Gasteiger partial charge in [-0.05, 0) is 22.8 Å². The van der Waals surface area contributed by atoms with Crippen LogP contribution in [0.15, 0.2) is 59.7 Å². The highest BCUT2D eigenvalue weighted by molar-refractivity contribution is 6.29. The third kappa shape index (κ3) is 2.83. The number of rotatable bonds is 2. The van der Waals surface area contributed by atoms with Crippen molar-refractivity contribution in [1.29, 1.82) is 15.8 Å². The van der Waals surface area contributed by atoms with Gasteiger partial charge in [-0.15, -0.1) is 0 Å². The zero-order valence-corrected chi connectivity index (χ0v) is 13.2. The maximum atomic E-state index is 12.8. The number of hydrogen-bond donors (Lipinski definition) is 0. The van der Waals surface area contributed by atoms with Crippen molar-refractivity contribution in [3.63, 3.8) is 0 Å². The van der Waals surface area contributed by atoms with Crippen molar-refractivity contribution < 1.29 is 4.79 Å². The molecule has 4 nitrogen and oxygen atoms in total. The molecule has 0 aromatic heterocycles. The first kappa shape index (κ1) is 15.9. The molecule has 0 fully saturated rings.